The molecule has 202 valence electrons. The summed E-state index contributed by atoms with van der Waals surface area (Å²) in [5.41, 5.74) is 4.70. The molecule has 4 aromatic rings. The molecule has 2 amide bonds. The van der Waals surface area contributed by atoms with Crippen molar-refractivity contribution in [1.82, 2.24) is 0 Å². The monoisotopic (exact) mass is 543 g/mol. The van der Waals surface area contributed by atoms with Crippen LogP contribution in [0.5, 0.6) is 17.2 Å². The first-order valence-corrected chi connectivity index (χ1v) is 13.7. The first-order valence-electron chi connectivity index (χ1n) is 13.7. The fourth-order valence-electron chi connectivity index (χ4n) is 7.03. The Morgan fingerprint density at radius 3 is 2.46 bits per heavy atom. The summed E-state index contributed by atoms with van der Waals surface area (Å²) in [6, 6.07) is 22.9. The number of esters is 1. The molecule has 0 spiro atoms. The number of nitrogens with zero attached hydrogens (tertiary/aromatic N) is 1. The standard InChI is InChI=1S/C34H25NO6/c1-17-7-11-25(18(2)13-17)35-32(36)28-23(20-9-12-26-27(14-20)40-16-39-26)15-24-22-10-8-19-5-3-4-6-21(19)31(22)41-34(38)29(24)30(28)33(35)37/h3-15,23,28-30H,16H2,1-2H3/t23-,28-,29-,30+/m1/s1. The molecule has 0 bridgehead atoms. The van der Waals surface area contributed by atoms with Gasteiger partial charge in [-0.25, -0.2) is 4.90 Å². The van der Waals surface area contributed by atoms with Gasteiger partial charge in [-0.2, -0.15) is 0 Å². The van der Waals surface area contributed by atoms with E-state index in [0.717, 1.165) is 38.6 Å². The molecule has 1 aliphatic carbocycles. The summed E-state index contributed by atoms with van der Waals surface area (Å²) in [5.74, 6) is -2.56. The maximum absolute atomic E-state index is 14.3. The van der Waals surface area contributed by atoms with Crippen LogP contribution in [-0.4, -0.2) is 24.6 Å². The normalized spacial score (nSPS) is 24.1. The summed E-state index contributed by atoms with van der Waals surface area (Å²) in [7, 11) is 0. The Bertz CT molecular complexity index is 1870. The van der Waals surface area contributed by atoms with E-state index in [-0.39, 0.29) is 18.6 Å². The molecule has 7 heteroatoms. The first-order chi connectivity index (χ1) is 19.9. The maximum Gasteiger partial charge on any atom is 0.319 e. The molecule has 41 heavy (non-hydrogen) atoms. The van der Waals surface area contributed by atoms with Crippen molar-refractivity contribution in [3.05, 3.63) is 101 Å². The maximum atomic E-state index is 14.3. The van der Waals surface area contributed by atoms with E-state index in [2.05, 4.69) is 0 Å². The summed E-state index contributed by atoms with van der Waals surface area (Å²) in [4.78, 5) is 43.7. The smallest absolute Gasteiger partial charge is 0.319 e. The number of hydrogen-bond donors (Lipinski definition) is 0. The minimum Gasteiger partial charge on any atom is -0.454 e. The summed E-state index contributed by atoms with van der Waals surface area (Å²) < 4.78 is 17.2. The van der Waals surface area contributed by atoms with Crippen molar-refractivity contribution >= 4 is 39.8 Å². The van der Waals surface area contributed by atoms with Crippen LogP contribution in [0.15, 0.2) is 78.9 Å². The topological polar surface area (TPSA) is 82.1 Å². The molecule has 0 aromatic heterocycles. The minimum atomic E-state index is -0.911. The third-order valence-electron chi connectivity index (χ3n) is 8.86. The van der Waals surface area contributed by atoms with E-state index in [9.17, 15) is 14.4 Å². The van der Waals surface area contributed by atoms with E-state index in [1.807, 2.05) is 92.7 Å². The van der Waals surface area contributed by atoms with Crippen molar-refractivity contribution in [3.8, 4) is 17.2 Å². The van der Waals surface area contributed by atoms with Crippen molar-refractivity contribution in [3.63, 3.8) is 0 Å². The highest BCUT2D eigenvalue weighted by atomic mass is 16.7. The van der Waals surface area contributed by atoms with Gasteiger partial charge in [-0.15, -0.1) is 0 Å². The van der Waals surface area contributed by atoms with Crippen LogP contribution in [-0.2, 0) is 14.4 Å². The molecule has 0 N–H and O–H groups in total. The fourth-order valence-corrected chi connectivity index (χ4v) is 7.03. The van der Waals surface area contributed by atoms with Gasteiger partial charge < -0.3 is 14.2 Å². The van der Waals surface area contributed by atoms with Gasteiger partial charge in [0.1, 0.15) is 5.75 Å². The number of anilines is 1. The lowest BCUT2D eigenvalue weighted by molar-refractivity contribution is -0.142. The van der Waals surface area contributed by atoms with Gasteiger partial charge in [-0.05, 0) is 54.1 Å². The average molecular weight is 544 g/mol. The first kappa shape index (κ1) is 23.9. The zero-order chi connectivity index (χ0) is 28.0. The zero-order valence-corrected chi connectivity index (χ0v) is 22.4. The van der Waals surface area contributed by atoms with Gasteiger partial charge >= 0.3 is 5.97 Å². The number of allylic oxidation sites excluding steroid dienone is 1. The second-order valence-electron chi connectivity index (χ2n) is 11.2. The zero-order valence-electron chi connectivity index (χ0n) is 22.4. The van der Waals surface area contributed by atoms with E-state index < -0.39 is 29.6 Å². The molecule has 1 saturated heterocycles. The Kier molecular flexibility index (Phi) is 4.99. The molecular formula is C34H25NO6. The number of ether oxygens (including phenoxy) is 3. The molecule has 3 aliphatic heterocycles. The second-order valence-corrected chi connectivity index (χ2v) is 11.2. The van der Waals surface area contributed by atoms with Gasteiger partial charge in [0.15, 0.2) is 11.5 Å². The summed E-state index contributed by atoms with van der Waals surface area (Å²) >= 11 is 0. The molecule has 7 nitrogen and oxygen atoms in total. The number of carbonyl (C=O) groups excluding carboxylic acids is 3. The molecule has 3 heterocycles. The number of aryl methyl sites for hydroxylation is 2. The summed E-state index contributed by atoms with van der Waals surface area (Å²) in [5, 5.41) is 1.78. The van der Waals surface area contributed by atoms with Crippen molar-refractivity contribution in [2.75, 3.05) is 11.7 Å². The number of benzene rings is 4. The SMILES string of the molecule is Cc1ccc(N2C(=O)[C@@H]3[C@@H]4C(=O)Oc5c(ccc6ccccc56)C4=C[C@H](c4ccc5c(c4)OCO5)[C@H]3C2=O)c(C)c1. The van der Waals surface area contributed by atoms with Gasteiger partial charge in [0.05, 0.1) is 23.4 Å². The van der Waals surface area contributed by atoms with Crippen molar-refractivity contribution < 1.29 is 28.6 Å². The largest absolute Gasteiger partial charge is 0.454 e. The highest BCUT2D eigenvalue weighted by molar-refractivity contribution is 6.25. The summed E-state index contributed by atoms with van der Waals surface area (Å²) in [6.45, 7) is 3.98. The van der Waals surface area contributed by atoms with Crippen LogP contribution in [0.2, 0.25) is 0 Å². The minimum absolute atomic E-state index is 0.128. The van der Waals surface area contributed by atoms with Crippen LogP contribution in [0.25, 0.3) is 16.3 Å². The van der Waals surface area contributed by atoms with E-state index >= 15 is 0 Å². The molecule has 4 aromatic carbocycles. The molecule has 4 aliphatic rings. The molecule has 8 rings (SSSR count). The van der Waals surface area contributed by atoms with Crippen LogP contribution >= 0.6 is 0 Å². The van der Waals surface area contributed by atoms with E-state index in [4.69, 9.17) is 14.2 Å². The third kappa shape index (κ3) is 3.35. The van der Waals surface area contributed by atoms with Crippen molar-refractivity contribution in [2.45, 2.75) is 19.8 Å². The second kappa shape index (κ2) is 8.54. The predicted octanol–water partition coefficient (Wildman–Crippen LogP) is 5.71. The fraction of sp³-hybridized carbons (Fsp3) is 0.206. The number of fused-ring (bicyclic) bond motifs is 8. The van der Waals surface area contributed by atoms with Gasteiger partial charge in [-0.1, -0.05) is 66.2 Å². The van der Waals surface area contributed by atoms with Crippen molar-refractivity contribution in [1.29, 1.82) is 0 Å². The average Bonchev–Trinajstić information content (AvgIpc) is 3.54. The van der Waals surface area contributed by atoms with Crippen LogP contribution in [0.3, 0.4) is 0 Å². The molecular weight excluding hydrogens is 518 g/mol. The lowest BCUT2D eigenvalue weighted by atomic mass is 9.64. The molecule has 4 atom stereocenters. The highest BCUT2D eigenvalue weighted by Gasteiger charge is 2.60. The molecule has 0 unspecified atom stereocenters. The quantitative estimate of drug-likeness (QED) is 0.183. The Balaban J connectivity index is 1.34. The number of amides is 2. The molecule has 0 radical (unpaired) electrons. The Hall–Kier alpha value is -4.91. The van der Waals surface area contributed by atoms with Gasteiger partial charge in [0, 0.05) is 16.9 Å². The number of imide groups is 1. The molecule has 0 saturated carbocycles. The van der Waals surface area contributed by atoms with Crippen LogP contribution in [0.4, 0.5) is 5.69 Å². The predicted molar refractivity (Wildman–Crippen MR) is 152 cm³/mol. The van der Waals surface area contributed by atoms with Crippen LogP contribution in [0, 0.1) is 31.6 Å². The number of carbonyl (C=O) groups is 3. The Morgan fingerprint density at radius 1 is 0.805 bits per heavy atom. The van der Waals surface area contributed by atoms with Gasteiger partial charge in [0.2, 0.25) is 18.6 Å². The van der Waals surface area contributed by atoms with Crippen molar-refractivity contribution in [2.24, 2.45) is 17.8 Å². The van der Waals surface area contributed by atoms with Gasteiger partial charge in [0.25, 0.3) is 0 Å². The lowest BCUT2D eigenvalue weighted by Gasteiger charge is -2.38. The molecule has 1 fully saturated rings. The summed E-state index contributed by atoms with van der Waals surface area (Å²) in [6.07, 6.45) is 1.99. The van der Waals surface area contributed by atoms with E-state index in [1.165, 1.54) is 4.90 Å². The Morgan fingerprint density at radius 2 is 1.61 bits per heavy atom. The van der Waals surface area contributed by atoms with E-state index in [1.54, 1.807) is 0 Å². The number of hydrogen-bond acceptors (Lipinski definition) is 6. The highest BCUT2D eigenvalue weighted by Crippen LogP contribution is 2.56. The van der Waals surface area contributed by atoms with Gasteiger partial charge in [-0.3, -0.25) is 14.4 Å². The number of rotatable bonds is 2. The van der Waals surface area contributed by atoms with E-state index in [0.29, 0.717) is 22.9 Å². The lowest BCUT2D eigenvalue weighted by Crippen LogP contribution is -2.42. The van der Waals surface area contributed by atoms with Crippen LogP contribution < -0.4 is 19.1 Å². The third-order valence-corrected chi connectivity index (χ3v) is 8.86. The van der Waals surface area contributed by atoms with Crippen LogP contribution in [0.1, 0.15) is 28.2 Å². The Labute approximate surface area is 235 Å².